The van der Waals surface area contributed by atoms with Crippen LogP contribution in [0.5, 0.6) is 5.75 Å². The van der Waals surface area contributed by atoms with Crippen LogP contribution in [0.4, 0.5) is 5.95 Å². The van der Waals surface area contributed by atoms with E-state index in [4.69, 9.17) is 10.5 Å². The van der Waals surface area contributed by atoms with E-state index in [2.05, 4.69) is 28.7 Å². The summed E-state index contributed by atoms with van der Waals surface area (Å²) in [6, 6.07) is 6.52. The third kappa shape index (κ3) is 3.08. The van der Waals surface area contributed by atoms with Gasteiger partial charge in [-0.1, -0.05) is 12.1 Å². The number of hydrogen-bond acceptors (Lipinski definition) is 5. The number of para-hydroxylation sites is 1. The van der Waals surface area contributed by atoms with Gasteiger partial charge in [0.05, 0.1) is 0 Å². The average molecular weight is 286 g/mol. The minimum atomic E-state index is 0.252. The zero-order valence-electron chi connectivity index (χ0n) is 12.6. The van der Waals surface area contributed by atoms with Gasteiger partial charge in [0, 0.05) is 30.7 Å². The van der Waals surface area contributed by atoms with Gasteiger partial charge in [-0.2, -0.15) is 0 Å². The normalized spacial score (nSPS) is 17.5. The van der Waals surface area contributed by atoms with Crippen LogP contribution in [0.1, 0.15) is 26.7 Å². The zero-order chi connectivity index (χ0) is 14.8. The fourth-order valence-corrected chi connectivity index (χ4v) is 2.83. The molecule has 1 aliphatic heterocycles. The first-order valence-electron chi connectivity index (χ1n) is 7.55. The minimum absolute atomic E-state index is 0.252. The lowest BCUT2D eigenvalue weighted by atomic mass is 10.1. The van der Waals surface area contributed by atoms with Crippen molar-refractivity contribution in [1.29, 1.82) is 0 Å². The number of anilines is 1. The Labute approximate surface area is 125 Å². The quantitative estimate of drug-likeness (QED) is 0.939. The molecule has 0 unspecified atom stereocenters. The molecule has 0 bridgehead atoms. The molecule has 2 N–H and O–H groups in total. The van der Waals surface area contributed by atoms with E-state index in [9.17, 15) is 0 Å². The molecule has 1 aromatic carbocycles. The predicted molar refractivity (Wildman–Crippen MR) is 84.3 cm³/mol. The van der Waals surface area contributed by atoms with Crippen LogP contribution in [-0.2, 0) is 0 Å². The minimum Gasteiger partial charge on any atom is -0.488 e. The number of aromatic nitrogens is 2. The summed E-state index contributed by atoms with van der Waals surface area (Å²) in [6.07, 6.45) is 4.10. The second-order valence-electron chi connectivity index (χ2n) is 5.87. The number of likely N-dealkylation sites (tertiary alicyclic amines) is 1. The number of fused-ring (bicyclic) bond motifs is 1. The molecule has 21 heavy (non-hydrogen) atoms. The zero-order valence-corrected chi connectivity index (χ0v) is 12.6. The number of nitrogens with zero attached hydrogens (tertiary/aromatic N) is 3. The first-order valence-corrected chi connectivity index (χ1v) is 7.55. The van der Waals surface area contributed by atoms with E-state index in [0.717, 1.165) is 42.6 Å². The lowest BCUT2D eigenvalue weighted by Gasteiger charge is -2.34. The van der Waals surface area contributed by atoms with Gasteiger partial charge in [-0.25, -0.2) is 9.97 Å². The van der Waals surface area contributed by atoms with E-state index in [0.29, 0.717) is 6.04 Å². The van der Waals surface area contributed by atoms with Gasteiger partial charge in [0.15, 0.2) is 0 Å². The van der Waals surface area contributed by atoms with Gasteiger partial charge < -0.3 is 15.4 Å². The number of benzene rings is 1. The fraction of sp³-hybridized carbons (Fsp3) is 0.500. The first kappa shape index (κ1) is 14.1. The Bertz CT molecular complexity index is 621. The molecule has 0 spiro atoms. The molecule has 2 aromatic rings. The SMILES string of the molecule is CC(C)N1CCC(Oc2cccc3cnc(N)nc23)CC1. The van der Waals surface area contributed by atoms with E-state index < -0.39 is 0 Å². The van der Waals surface area contributed by atoms with Crippen molar-refractivity contribution in [3.63, 3.8) is 0 Å². The Balaban J connectivity index is 1.75. The number of hydrogen-bond donors (Lipinski definition) is 1. The van der Waals surface area contributed by atoms with Crippen molar-refractivity contribution in [2.75, 3.05) is 18.8 Å². The number of nitrogens with two attached hydrogens (primary N) is 1. The van der Waals surface area contributed by atoms with Crippen LogP contribution in [-0.4, -0.2) is 40.1 Å². The van der Waals surface area contributed by atoms with Gasteiger partial charge in [0.2, 0.25) is 5.95 Å². The highest BCUT2D eigenvalue weighted by atomic mass is 16.5. The molecule has 0 atom stereocenters. The summed E-state index contributed by atoms with van der Waals surface area (Å²) in [7, 11) is 0. The van der Waals surface area contributed by atoms with E-state index in [1.54, 1.807) is 6.20 Å². The van der Waals surface area contributed by atoms with Gasteiger partial charge in [-0.15, -0.1) is 0 Å². The molecule has 0 aliphatic carbocycles. The molecule has 0 saturated carbocycles. The third-order valence-corrected chi connectivity index (χ3v) is 4.09. The largest absolute Gasteiger partial charge is 0.488 e. The Kier molecular flexibility index (Phi) is 3.92. The number of ether oxygens (including phenoxy) is 1. The van der Waals surface area contributed by atoms with Crippen molar-refractivity contribution in [2.45, 2.75) is 38.8 Å². The molecule has 1 aliphatic rings. The summed E-state index contributed by atoms with van der Waals surface area (Å²) in [5.74, 6) is 1.10. The molecule has 1 saturated heterocycles. The summed E-state index contributed by atoms with van der Waals surface area (Å²) >= 11 is 0. The number of piperidine rings is 1. The lowest BCUT2D eigenvalue weighted by Crippen LogP contribution is -2.41. The van der Waals surface area contributed by atoms with Crippen molar-refractivity contribution >= 4 is 16.9 Å². The van der Waals surface area contributed by atoms with Crippen LogP contribution in [0.3, 0.4) is 0 Å². The molecule has 1 aromatic heterocycles. The maximum Gasteiger partial charge on any atom is 0.220 e. The standard InChI is InChI=1S/C16H22N4O/c1-11(2)20-8-6-13(7-9-20)21-14-5-3-4-12-10-18-16(17)19-15(12)14/h3-5,10-11,13H,6-9H2,1-2H3,(H2,17,18,19). The number of nitrogen functional groups attached to an aromatic ring is 1. The highest BCUT2D eigenvalue weighted by molar-refractivity contribution is 5.84. The Morgan fingerprint density at radius 1 is 1.29 bits per heavy atom. The summed E-state index contributed by atoms with van der Waals surface area (Å²) < 4.78 is 6.18. The molecule has 0 amide bonds. The lowest BCUT2D eigenvalue weighted by molar-refractivity contribution is 0.0852. The van der Waals surface area contributed by atoms with Crippen LogP contribution >= 0.6 is 0 Å². The van der Waals surface area contributed by atoms with Gasteiger partial charge in [0.25, 0.3) is 0 Å². The summed E-state index contributed by atoms with van der Waals surface area (Å²) in [5, 5.41) is 0.960. The second kappa shape index (κ2) is 5.85. The van der Waals surface area contributed by atoms with E-state index in [-0.39, 0.29) is 12.1 Å². The van der Waals surface area contributed by atoms with Gasteiger partial charge >= 0.3 is 0 Å². The summed E-state index contributed by atoms with van der Waals surface area (Å²) in [4.78, 5) is 10.8. The Morgan fingerprint density at radius 2 is 2.05 bits per heavy atom. The van der Waals surface area contributed by atoms with E-state index in [1.165, 1.54) is 0 Å². The summed E-state index contributed by atoms with van der Waals surface area (Å²) in [5.41, 5.74) is 6.50. The smallest absolute Gasteiger partial charge is 0.220 e. The summed E-state index contributed by atoms with van der Waals surface area (Å²) in [6.45, 7) is 6.66. The Morgan fingerprint density at radius 3 is 2.76 bits per heavy atom. The molecule has 112 valence electrons. The molecule has 2 heterocycles. The van der Waals surface area contributed by atoms with Gasteiger partial charge in [-0.3, -0.25) is 0 Å². The molecular formula is C16H22N4O. The van der Waals surface area contributed by atoms with Crippen LogP contribution in [0.25, 0.3) is 10.9 Å². The molecular weight excluding hydrogens is 264 g/mol. The highest BCUT2D eigenvalue weighted by Gasteiger charge is 2.22. The van der Waals surface area contributed by atoms with Crippen molar-refractivity contribution in [3.05, 3.63) is 24.4 Å². The van der Waals surface area contributed by atoms with Gasteiger partial charge in [0.1, 0.15) is 17.4 Å². The topological polar surface area (TPSA) is 64.3 Å². The molecule has 3 rings (SSSR count). The highest BCUT2D eigenvalue weighted by Crippen LogP contribution is 2.27. The van der Waals surface area contributed by atoms with Crippen LogP contribution in [0.2, 0.25) is 0 Å². The van der Waals surface area contributed by atoms with Crippen LogP contribution in [0.15, 0.2) is 24.4 Å². The molecule has 1 fully saturated rings. The molecule has 5 heteroatoms. The van der Waals surface area contributed by atoms with Gasteiger partial charge in [-0.05, 0) is 32.8 Å². The Hall–Kier alpha value is -1.88. The van der Waals surface area contributed by atoms with E-state index >= 15 is 0 Å². The monoisotopic (exact) mass is 286 g/mol. The van der Waals surface area contributed by atoms with Crippen LogP contribution in [0, 0.1) is 0 Å². The van der Waals surface area contributed by atoms with E-state index in [1.807, 2.05) is 18.2 Å². The maximum absolute atomic E-state index is 6.18. The van der Waals surface area contributed by atoms with Crippen LogP contribution < -0.4 is 10.5 Å². The van der Waals surface area contributed by atoms with Crippen molar-refractivity contribution < 1.29 is 4.74 Å². The van der Waals surface area contributed by atoms with Crippen molar-refractivity contribution in [1.82, 2.24) is 14.9 Å². The van der Waals surface area contributed by atoms with Crippen molar-refractivity contribution in [2.24, 2.45) is 0 Å². The molecule has 5 nitrogen and oxygen atoms in total. The third-order valence-electron chi connectivity index (χ3n) is 4.09. The molecule has 0 radical (unpaired) electrons. The maximum atomic E-state index is 6.18. The van der Waals surface area contributed by atoms with Crippen molar-refractivity contribution in [3.8, 4) is 5.75 Å². The first-order chi connectivity index (χ1) is 10.1. The predicted octanol–water partition coefficient (Wildman–Crippen LogP) is 2.46. The average Bonchev–Trinajstić information content (AvgIpc) is 2.48. The second-order valence-corrected chi connectivity index (χ2v) is 5.87. The fourth-order valence-electron chi connectivity index (χ4n) is 2.83. The number of rotatable bonds is 3.